The zero-order valence-corrected chi connectivity index (χ0v) is 13.3. The first-order valence-electron chi connectivity index (χ1n) is 8.35. The van der Waals surface area contributed by atoms with Crippen molar-refractivity contribution in [2.24, 2.45) is 5.92 Å². The van der Waals surface area contributed by atoms with Crippen LogP contribution in [-0.2, 0) is 25.9 Å². The number of aromatic nitrogens is 2. The van der Waals surface area contributed by atoms with E-state index < -0.39 is 11.6 Å². The van der Waals surface area contributed by atoms with Gasteiger partial charge in [0.25, 0.3) is 5.56 Å². The molecule has 4 rings (SSSR count). The quantitative estimate of drug-likeness (QED) is 0.937. The zero-order valence-electron chi connectivity index (χ0n) is 13.3. The van der Waals surface area contributed by atoms with Crippen LogP contribution in [-0.4, -0.2) is 21.4 Å². The highest BCUT2D eigenvalue weighted by Gasteiger charge is 2.25. The fourth-order valence-electron chi connectivity index (χ4n) is 3.33. The van der Waals surface area contributed by atoms with Crippen LogP contribution in [0.1, 0.15) is 35.5 Å². The predicted octanol–water partition coefficient (Wildman–Crippen LogP) is 2.56. The smallest absolute Gasteiger partial charge is 0.254 e. The molecule has 0 bridgehead atoms. The van der Waals surface area contributed by atoms with E-state index >= 15 is 0 Å². The van der Waals surface area contributed by atoms with Gasteiger partial charge in [-0.05, 0) is 42.9 Å². The minimum atomic E-state index is -0.566. The number of hydrogen-bond donors (Lipinski definition) is 1. The average Bonchev–Trinajstić information content (AvgIpc) is 3.29. The van der Waals surface area contributed by atoms with Crippen molar-refractivity contribution in [3.8, 4) is 0 Å². The maximum atomic E-state index is 13.3. The molecule has 126 valence electrons. The van der Waals surface area contributed by atoms with E-state index in [-0.39, 0.29) is 5.56 Å². The molecule has 0 atom stereocenters. The summed E-state index contributed by atoms with van der Waals surface area (Å²) in [7, 11) is 0. The summed E-state index contributed by atoms with van der Waals surface area (Å²) in [6, 6.07) is 3.57. The van der Waals surface area contributed by atoms with Crippen molar-refractivity contribution in [2.75, 3.05) is 6.54 Å². The zero-order chi connectivity index (χ0) is 16.7. The Morgan fingerprint density at radius 3 is 2.67 bits per heavy atom. The van der Waals surface area contributed by atoms with Gasteiger partial charge in [-0.2, -0.15) is 0 Å². The average molecular weight is 331 g/mol. The highest BCUT2D eigenvalue weighted by molar-refractivity contribution is 5.23. The van der Waals surface area contributed by atoms with Gasteiger partial charge in [-0.15, -0.1) is 0 Å². The van der Waals surface area contributed by atoms with Crippen LogP contribution in [0, 0.1) is 17.6 Å². The Hall–Kier alpha value is -2.08. The van der Waals surface area contributed by atoms with Crippen LogP contribution in [0.3, 0.4) is 0 Å². The number of nitrogens with one attached hydrogen (secondary N) is 1. The van der Waals surface area contributed by atoms with Gasteiger partial charge in [0.15, 0.2) is 0 Å². The van der Waals surface area contributed by atoms with Crippen molar-refractivity contribution in [1.82, 2.24) is 14.9 Å². The second kappa shape index (κ2) is 6.09. The summed E-state index contributed by atoms with van der Waals surface area (Å²) < 4.78 is 26.7. The highest BCUT2D eigenvalue weighted by atomic mass is 19.1. The Morgan fingerprint density at radius 1 is 1.21 bits per heavy atom. The van der Waals surface area contributed by atoms with Crippen molar-refractivity contribution in [1.29, 1.82) is 0 Å². The van der Waals surface area contributed by atoms with Gasteiger partial charge in [-0.25, -0.2) is 13.8 Å². The summed E-state index contributed by atoms with van der Waals surface area (Å²) in [5, 5.41) is 0. The molecule has 6 heteroatoms. The number of aromatic amines is 1. The number of halogens is 2. The molecular formula is C18H19F2N3O. The molecule has 1 fully saturated rings. The van der Waals surface area contributed by atoms with E-state index in [0.29, 0.717) is 37.5 Å². The number of H-pyrrole nitrogens is 1. The SMILES string of the molecule is O=c1[nH]c(CC2CC2)nc2c1CCN(Cc1cc(F)cc(F)c1)C2. The molecule has 1 N–H and O–H groups in total. The van der Waals surface area contributed by atoms with E-state index in [0.717, 1.165) is 29.6 Å². The van der Waals surface area contributed by atoms with E-state index in [9.17, 15) is 13.6 Å². The molecule has 0 amide bonds. The Bertz CT molecular complexity index is 809. The number of benzene rings is 1. The summed E-state index contributed by atoms with van der Waals surface area (Å²) in [4.78, 5) is 21.8. The standard InChI is InChI=1S/C18H19F2N3O/c19-13-5-12(6-14(20)8-13)9-23-4-3-15-16(10-23)21-17(22-18(15)24)7-11-1-2-11/h5-6,8,11H,1-4,7,9-10H2,(H,21,22,24). The lowest BCUT2D eigenvalue weighted by atomic mass is 10.1. The lowest BCUT2D eigenvalue weighted by Gasteiger charge is -2.27. The van der Waals surface area contributed by atoms with Crippen LogP contribution in [0.15, 0.2) is 23.0 Å². The second-order valence-electron chi connectivity index (χ2n) is 6.82. The molecule has 2 heterocycles. The number of rotatable bonds is 4. The molecule has 1 aliphatic heterocycles. The second-order valence-corrected chi connectivity index (χ2v) is 6.82. The molecule has 0 unspecified atom stereocenters. The normalized spacial score (nSPS) is 17.8. The van der Waals surface area contributed by atoms with E-state index in [1.54, 1.807) is 0 Å². The molecule has 1 aromatic carbocycles. The summed E-state index contributed by atoms with van der Waals surface area (Å²) in [5.74, 6) is 0.286. The highest BCUT2D eigenvalue weighted by Crippen LogP contribution is 2.31. The van der Waals surface area contributed by atoms with Gasteiger partial charge in [0.2, 0.25) is 0 Å². The maximum Gasteiger partial charge on any atom is 0.254 e. The van der Waals surface area contributed by atoms with Crippen molar-refractivity contribution in [3.63, 3.8) is 0 Å². The summed E-state index contributed by atoms with van der Waals surface area (Å²) in [6.45, 7) is 1.66. The van der Waals surface area contributed by atoms with E-state index in [2.05, 4.69) is 14.9 Å². The van der Waals surface area contributed by atoms with Gasteiger partial charge in [-0.3, -0.25) is 9.69 Å². The third-order valence-electron chi connectivity index (χ3n) is 4.71. The largest absolute Gasteiger partial charge is 0.310 e. The van der Waals surface area contributed by atoms with Crippen molar-refractivity contribution < 1.29 is 8.78 Å². The van der Waals surface area contributed by atoms with Crippen molar-refractivity contribution in [3.05, 3.63) is 62.8 Å². The molecule has 2 aromatic rings. The van der Waals surface area contributed by atoms with Gasteiger partial charge < -0.3 is 4.98 Å². The first-order chi connectivity index (χ1) is 11.6. The Labute approximate surface area is 138 Å². The van der Waals surface area contributed by atoms with Crippen LogP contribution in [0.25, 0.3) is 0 Å². The van der Waals surface area contributed by atoms with Crippen LogP contribution in [0.4, 0.5) is 8.78 Å². The Kier molecular flexibility index (Phi) is 3.92. The number of fused-ring (bicyclic) bond motifs is 1. The maximum absolute atomic E-state index is 13.3. The van der Waals surface area contributed by atoms with Gasteiger partial charge in [0.1, 0.15) is 17.5 Å². The van der Waals surface area contributed by atoms with Crippen molar-refractivity contribution in [2.45, 2.75) is 38.8 Å². The number of hydrogen-bond acceptors (Lipinski definition) is 3. The molecule has 24 heavy (non-hydrogen) atoms. The molecule has 1 saturated carbocycles. The van der Waals surface area contributed by atoms with Gasteiger partial charge in [-0.1, -0.05) is 0 Å². The first kappa shape index (κ1) is 15.4. The van der Waals surface area contributed by atoms with Crippen LogP contribution in [0.5, 0.6) is 0 Å². The molecule has 0 spiro atoms. The Morgan fingerprint density at radius 2 is 1.96 bits per heavy atom. The molecule has 0 radical (unpaired) electrons. The predicted molar refractivity (Wildman–Crippen MR) is 85.5 cm³/mol. The lowest BCUT2D eigenvalue weighted by Crippen LogP contribution is -2.35. The van der Waals surface area contributed by atoms with Gasteiger partial charge in [0.05, 0.1) is 5.69 Å². The molecule has 1 aromatic heterocycles. The fraction of sp³-hybridized carbons (Fsp3) is 0.444. The minimum absolute atomic E-state index is 0.0351. The van der Waals surface area contributed by atoms with Crippen LogP contribution in [0.2, 0.25) is 0 Å². The lowest BCUT2D eigenvalue weighted by molar-refractivity contribution is 0.239. The molecule has 1 aliphatic carbocycles. The van der Waals surface area contributed by atoms with E-state index in [1.165, 1.54) is 25.0 Å². The van der Waals surface area contributed by atoms with Crippen LogP contribution >= 0.6 is 0 Å². The summed E-state index contributed by atoms with van der Waals surface area (Å²) >= 11 is 0. The third-order valence-corrected chi connectivity index (χ3v) is 4.71. The topological polar surface area (TPSA) is 49.0 Å². The fourth-order valence-corrected chi connectivity index (χ4v) is 3.33. The Balaban J connectivity index is 1.53. The molecular weight excluding hydrogens is 312 g/mol. The third kappa shape index (κ3) is 3.38. The molecule has 2 aliphatic rings. The van der Waals surface area contributed by atoms with E-state index in [1.807, 2.05) is 0 Å². The minimum Gasteiger partial charge on any atom is -0.310 e. The van der Waals surface area contributed by atoms with Crippen molar-refractivity contribution >= 4 is 0 Å². The first-order valence-corrected chi connectivity index (χ1v) is 8.35. The molecule has 4 nitrogen and oxygen atoms in total. The van der Waals surface area contributed by atoms with Gasteiger partial charge >= 0.3 is 0 Å². The number of nitrogens with zero attached hydrogens (tertiary/aromatic N) is 2. The van der Waals surface area contributed by atoms with E-state index in [4.69, 9.17) is 0 Å². The summed E-state index contributed by atoms with van der Waals surface area (Å²) in [6.07, 6.45) is 3.85. The monoisotopic (exact) mass is 331 g/mol. The summed E-state index contributed by atoms with van der Waals surface area (Å²) in [5.41, 5.74) is 2.11. The van der Waals surface area contributed by atoms with Crippen LogP contribution < -0.4 is 5.56 Å². The molecule has 0 saturated heterocycles. The van der Waals surface area contributed by atoms with Gasteiger partial charge in [0, 0.05) is 37.7 Å².